The molecule has 2 saturated heterocycles. The van der Waals surface area contributed by atoms with Crippen LogP contribution < -0.4 is 10.2 Å². The topological polar surface area (TPSA) is 61.4 Å². The van der Waals surface area contributed by atoms with Gasteiger partial charge in [0.05, 0.1) is 5.92 Å². The number of nitrogens with one attached hydrogen (secondary N) is 1. The van der Waals surface area contributed by atoms with Gasteiger partial charge in [0.2, 0.25) is 5.91 Å². The molecule has 0 saturated carbocycles. The van der Waals surface area contributed by atoms with E-state index in [1.54, 1.807) is 0 Å². The predicted octanol–water partition coefficient (Wildman–Crippen LogP) is 2.23. The number of nitrogens with zero attached hydrogens (tertiary/aromatic N) is 4. The van der Waals surface area contributed by atoms with Crippen molar-refractivity contribution in [2.24, 2.45) is 5.92 Å². The summed E-state index contributed by atoms with van der Waals surface area (Å²) in [5, 5.41) is 3.12. The van der Waals surface area contributed by atoms with Crippen LogP contribution in [0.4, 0.5) is 19.0 Å². The summed E-state index contributed by atoms with van der Waals surface area (Å²) >= 11 is 0. The van der Waals surface area contributed by atoms with Crippen LogP contribution in [0.25, 0.3) is 0 Å². The molecule has 2 fully saturated rings. The van der Waals surface area contributed by atoms with Crippen molar-refractivity contribution in [2.45, 2.75) is 44.8 Å². The molecule has 1 aromatic heterocycles. The monoisotopic (exact) mass is 385 g/mol. The van der Waals surface area contributed by atoms with Crippen LogP contribution in [0.2, 0.25) is 0 Å². The second-order valence-corrected chi connectivity index (χ2v) is 7.53. The standard InChI is InChI=1S/C18H26F3N5O/c1-12-22-15(18(19,20)21)10-16(23-12)26-8-5-14(6-9-26)24-17(27)13-4-3-7-25(2)11-13/h10,13-14H,3-9,11H2,1-2H3,(H,24,27)/t13-/m0/s1. The molecule has 6 nitrogen and oxygen atoms in total. The van der Waals surface area contributed by atoms with Crippen LogP contribution in [0.1, 0.15) is 37.2 Å². The van der Waals surface area contributed by atoms with Crippen LogP contribution in [-0.2, 0) is 11.0 Å². The smallest absolute Gasteiger partial charge is 0.356 e. The van der Waals surface area contributed by atoms with Gasteiger partial charge in [-0.1, -0.05) is 0 Å². The lowest BCUT2D eigenvalue weighted by Crippen LogP contribution is -2.49. The largest absolute Gasteiger partial charge is 0.433 e. The Morgan fingerprint density at radius 3 is 2.52 bits per heavy atom. The molecule has 0 spiro atoms. The Kier molecular flexibility index (Phi) is 5.88. The molecule has 2 aliphatic heterocycles. The van der Waals surface area contributed by atoms with Gasteiger partial charge in [-0.2, -0.15) is 13.2 Å². The molecule has 1 atom stereocenters. The fraction of sp³-hybridized carbons (Fsp3) is 0.722. The second kappa shape index (κ2) is 8.00. The lowest BCUT2D eigenvalue weighted by atomic mass is 9.96. The Balaban J connectivity index is 1.56. The third-order valence-electron chi connectivity index (χ3n) is 5.28. The minimum atomic E-state index is -4.48. The van der Waals surface area contributed by atoms with Crippen molar-refractivity contribution >= 4 is 11.7 Å². The Hall–Kier alpha value is -1.90. The molecule has 1 amide bonds. The van der Waals surface area contributed by atoms with Gasteiger partial charge in [-0.05, 0) is 46.2 Å². The zero-order chi connectivity index (χ0) is 19.6. The molecule has 2 aliphatic rings. The first-order chi connectivity index (χ1) is 12.7. The number of likely N-dealkylation sites (tertiary alicyclic amines) is 1. The highest BCUT2D eigenvalue weighted by Gasteiger charge is 2.34. The highest BCUT2D eigenvalue weighted by atomic mass is 19.4. The minimum absolute atomic E-state index is 0.0284. The molecule has 0 aliphatic carbocycles. The highest BCUT2D eigenvalue weighted by molar-refractivity contribution is 5.79. The van der Waals surface area contributed by atoms with Crippen LogP contribution in [0.5, 0.6) is 0 Å². The van der Waals surface area contributed by atoms with Crippen LogP contribution in [0.15, 0.2) is 6.07 Å². The van der Waals surface area contributed by atoms with Gasteiger partial charge < -0.3 is 15.1 Å². The maximum Gasteiger partial charge on any atom is 0.433 e. The van der Waals surface area contributed by atoms with E-state index in [0.29, 0.717) is 31.7 Å². The number of halogens is 3. The maximum atomic E-state index is 13.0. The quantitative estimate of drug-likeness (QED) is 0.865. The first kappa shape index (κ1) is 19.9. The number of aromatic nitrogens is 2. The van der Waals surface area contributed by atoms with Gasteiger partial charge in [0.1, 0.15) is 17.3 Å². The van der Waals surface area contributed by atoms with E-state index < -0.39 is 11.9 Å². The van der Waals surface area contributed by atoms with Gasteiger partial charge in [-0.3, -0.25) is 4.79 Å². The van der Waals surface area contributed by atoms with Crippen molar-refractivity contribution in [3.63, 3.8) is 0 Å². The summed E-state index contributed by atoms with van der Waals surface area (Å²) in [6.07, 6.45) is -1.16. The summed E-state index contributed by atoms with van der Waals surface area (Å²) in [4.78, 5) is 24.1. The Bertz CT molecular complexity index is 673. The molecule has 9 heteroatoms. The first-order valence-corrected chi connectivity index (χ1v) is 9.39. The predicted molar refractivity (Wildman–Crippen MR) is 95.4 cm³/mol. The molecule has 0 radical (unpaired) electrons. The molecule has 0 aromatic carbocycles. The van der Waals surface area contributed by atoms with E-state index in [9.17, 15) is 18.0 Å². The number of carbonyl (C=O) groups excluding carboxylic acids is 1. The molecule has 0 unspecified atom stereocenters. The second-order valence-electron chi connectivity index (χ2n) is 7.53. The van der Waals surface area contributed by atoms with Crippen LogP contribution in [-0.4, -0.2) is 60.0 Å². The summed E-state index contributed by atoms with van der Waals surface area (Å²) in [7, 11) is 2.02. The summed E-state index contributed by atoms with van der Waals surface area (Å²) in [5.41, 5.74) is -0.915. The van der Waals surface area contributed by atoms with E-state index in [2.05, 4.69) is 20.2 Å². The highest BCUT2D eigenvalue weighted by Crippen LogP contribution is 2.30. The van der Waals surface area contributed by atoms with Crippen LogP contribution >= 0.6 is 0 Å². The summed E-state index contributed by atoms with van der Waals surface area (Å²) in [5.74, 6) is 0.531. The number of alkyl halides is 3. The summed E-state index contributed by atoms with van der Waals surface area (Å²) in [6.45, 7) is 4.39. The number of hydrogen-bond donors (Lipinski definition) is 1. The number of anilines is 1. The maximum absolute atomic E-state index is 13.0. The van der Waals surface area contributed by atoms with Gasteiger partial charge in [0.25, 0.3) is 0 Å². The Labute approximate surface area is 157 Å². The number of hydrogen-bond acceptors (Lipinski definition) is 5. The molecule has 0 bridgehead atoms. The van der Waals surface area contributed by atoms with E-state index in [-0.39, 0.29) is 23.7 Å². The number of aryl methyl sites for hydroxylation is 1. The number of rotatable bonds is 3. The van der Waals surface area contributed by atoms with Crippen molar-refractivity contribution in [1.29, 1.82) is 0 Å². The zero-order valence-electron chi connectivity index (χ0n) is 15.7. The van der Waals surface area contributed by atoms with Gasteiger partial charge in [0, 0.05) is 31.7 Å². The van der Waals surface area contributed by atoms with E-state index in [1.165, 1.54) is 6.92 Å². The van der Waals surface area contributed by atoms with Crippen LogP contribution in [0.3, 0.4) is 0 Å². The molecule has 3 heterocycles. The lowest BCUT2D eigenvalue weighted by Gasteiger charge is -2.35. The van der Waals surface area contributed by atoms with Gasteiger partial charge in [0.15, 0.2) is 0 Å². The van der Waals surface area contributed by atoms with Crippen molar-refractivity contribution in [3.8, 4) is 0 Å². The fourth-order valence-corrected chi connectivity index (χ4v) is 3.81. The average Bonchev–Trinajstić information content (AvgIpc) is 2.61. The van der Waals surface area contributed by atoms with E-state index in [1.807, 2.05) is 11.9 Å². The van der Waals surface area contributed by atoms with Crippen LogP contribution in [0, 0.1) is 12.8 Å². The average molecular weight is 385 g/mol. The van der Waals surface area contributed by atoms with Gasteiger partial charge in [-0.15, -0.1) is 0 Å². The minimum Gasteiger partial charge on any atom is -0.356 e. The molecular weight excluding hydrogens is 359 g/mol. The number of amides is 1. The van der Waals surface area contributed by atoms with Crippen molar-refractivity contribution in [2.75, 3.05) is 38.1 Å². The normalized spacial score (nSPS) is 22.7. The summed E-state index contributed by atoms with van der Waals surface area (Å²) < 4.78 is 38.9. The summed E-state index contributed by atoms with van der Waals surface area (Å²) in [6, 6.07) is 1.06. The zero-order valence-corrected chi connectivity index (χ0v) is 15.7. The Morgan fingerprint density at radius 2 is 1.89 bits per heavy atom. The molecule has 1 aromatic rings. The van der Waals surface area contributed by atoms with Crippen molar-refractivity contribution in [1.82, 2.24) is 20.2 Å². The number of carbonyl (C=O) groups is 1. The molecule has 27 heavy (non-hydrogen) atoms. The molecule has 3 rings (SSSR count). The van der Waals surface area contributed by atoms with E-state index >= 15 is 0 Å². The third-order valence-corrected chi connectivity index (χ3v) is 5.28. The molecular formula is C18H26F3N5O. The fourth-order valence-electron chi connectivity index (χ4n) is 3.81. The number of piperidine rings is 2. The van der Waals surface area contributed by atoms with E-state index in [4.69, 9.17) is 0 Å². The van der Waals surface area contributed by atoms with Gasteiger partial charge in [-0.25, -0.2) is 9.97 Å². The van der Waals surface area contributed by atoms with E-state index in [0.717, 1.165) is 32.0 Å². The SMILES string of the molecule is Cc1nc(N2CCC(NC(=O)[C@H]3CCCN(C)C3)CC2)cc(C(F)(F)F)n1. The third kappa shape index (κ3) is 5.09. The van der Waals surface area contributed by atoms with Crippen molar-refractivity contribution < 1.29 is 18.0 Å². The molecule has 1 N–H and O–H groups in total. The first-order valence-electron chi connectivity index (χ1n) is 9.39. The van der Waals surface area contributed by atoms with Crippen molar-refractivity contribution in [3.05, 3.63) is 17.6 Å². The van der Waals surface area contributed by atoms with Gasteiger partial charge >= 0.3 is 6.18 Å². The Morgan fingerprint density at radius 1 is 1.19 bits per heavy atom. The molecule has 150 valence electrons. The lowest BCUT2D eigenvalue weighted by molar-refractivity contribution is -0.141.